The van der Waals surface area contributed by atoms with Gasteiger partial charge in [-0.25, -0.2) is 9.59 Å². The molecule has 3 rings (SSSR count). The first-order valence-corrected chi connectivity index (χ1v) is 8.49. The van der Waals surface area contributed by atoms with Gasteiger partial charge in [-0.3, -0.25) is 4.90 Å². The van der Waals surface area contributed by atoms with Crippen LogP contribution in [0.5, 0.6) is 0 Å². The van der Waals surface area contributed by atoms with Gasteiger partial charge in [-0.1, -0.05) is 66.2 Å². The smallest absolute Gasteiger partial charge is 0.411 e. The average molecular weight is 351 g/mol. The van der Waals surface area contributed by atoms with Gasteiger partial charge in [-0.2, -0.15) is 0 Å². The number of amides is 1. The molecule has 1 saturated heterocycles. The number of rotatable bonds is 4. The minimum Gasteiger partial charge on any atom is -0.480 e. The van der Waals surface area contributed by atoms with Crippen molar-refractivity contribution in [3.8, 4) is 0 Å². The van der Waals surface area contributed by atoms with Gasteiger partial charge in [0.25, 0.3) is 0 Å². The van der Waals surface area contributed by atoms with E-state index in [0.717, 1.165) is 22.3 Å². The Morgan fingerprint density at radius 1 is 1.15 bits per heavy atom. The number of carbonyl (C=O) groups excluding carboxylic acids is 1. The lowest BCUT2D eigenvalue weighted by molar-refractivity contribution is -0.141. The minimum atomic E-state index is -1.02. The van der Waals surface area contributed by atoms with Gasteiger partial charge in [0, 0.05) is 13.0 Å². The predicted octanol–water partition coefficient (Wildman–Crippen LogP) is 3.87. The summed E-state index contributed by atoms with van der Waals surface area (Å²) < 4.78 is 5.30. The van der Waals surface area contributed by atoms with Crippen LogP contribution in [0.4, 0.5) is 4.79 Å². The van der Waals surface area contributed by atoms with Crippen LogP contribution in [0.2, 0.25) is 0 Å². The van der Waals surface area contributed by atoms with E-state index in [4.69, 9.17) is 4.74 Å². The number of nitrogens with zero attached hydrogens (tertiary/aromatic N) is 1. The van der Waals surface area contributed by atoms with E-state index in [1.165, 1.54) is 4.90 Å². The molecule has 0 radical (unpaired) electrons. The van der Waals surface area contributed by atoms with Gasteiger partial charge in [-0.15, -0.1) is 0 Å². The van der Waals surface area contributed by atoms with E-state index < -0.39 is 18.1 Å². The van der Waals surface area contributed by atoms with Gasteiger partial charge < -0.3 is 9.84 Å². The second-order valence-corrected chi connectivity index (χ2v) is 6.44. The molecule has 1 aliphatic rings. The molecule has 1 fully saturated rings. The molecule has 0 aromatic heterocycles. The van der Waals surface area contributed by atoms with Crippen molar-refractivity contribution in [3.63, 3.8) is 0 Å². The second-order valence-electron chi connectivity index (χ2n) is 6.44. The van der Waals surface area contributed by atoms with Crippen molar-refractivity contribution in [1.82, 2.24) is 4.90 Å². The first-order chi connectivity index (χ1) is 12.5. The molecule has 5 heteroatoms. The van der Waals surface area contributed by atoms with Crippen LogP contribution in [-0.2, 0) is 16.1 Å². The lowest BCUT2D eigenvalue weighted by atomic mass is 10.1. The number of carboxylic acids is 1. The highest BCUT2D eigenvalue weighted by Gasteiger charge is 2.37. The van der Waals surface area contributed by atoms with Gasteiger partial charge in [0.2, 0.25) is 0 Å². The maximum Gasteiger partial charge on any atom is 0.411 e. The Kier molecular flexibility index (Phi) is 5.37. The number of aliphatic carboxylic acids is 1. The summed E-state index contributed by atoms with van der Waals surface area (Å²) in [5.41, 5.74) is 3.92. The first-order valence-electron chi connectivity index (χ1n) is 8.49. The Hall–Kier alpha value is -3.08. The summed E-state index contributed by atoms with van der Waals surface area (Å²) in [6, 6.07) is 16.4. The van der Waals surface area contributed by atoms with Crippen molar-refractivity contribution in [2.45, 2.75) is 26.0 Å². The van der Waals surface area contributed by atoms with E-state index in [1.54, 1.807) is 0 Å². The summed E-state index contributed by atoms with van der Waals surface area (Å²) in [5.74, 6) is -1.02. The number of ether oxygens (including phenoxy) is 1. The third-order valence-corrected chi connectivity index (χ3v) is 4.38. The summed E-state index contributed by atoms with van der Waals surface area (Å²) in [7, 11) is 0. The number of hydrogen-bond donors (Lipinski definition) is 1. The number of carbonyl (C=O) groups is 2. The van der Waals surface area contributed by atoms with Crippen molar-refractivity contribution in [2.24, 2.45) is 0 Å². The first kappa shape index (κ1) is 17.7. The molecule has 0 unspecified atom stereocenters. The molecular formula is C21H21NO4. The standard InChI is InChI=1S/C21H21NO4/c1-15-7-9-16(10-8-15)11-18-12-19(20(23)24)22(13-18)21(25)26-14-17-5-3-2-4-6-17/h2-11,19H,12-14H2,1H3,(H,23,24)/t19-/m0/s1. The van der Waals surface area contributed by atoms with Gasteiger partial charge >= 0.3 is 12.1 Å². The molecule has 0 bridgehead atoms. The summed E-state index contributed by atoms with van der Waals surface area (Å²) >= 11 is 0. The maximum absolute atomic E-state index is 12.4. The quantitative estimate of drug-likeness (QED) is 0.908. The van der Waals surface area contributed by atoms with Crippen LogP contribution >= 0.6 is 0 Å². The molecular weight excluding hydrogens is 330 g/mol. The van der Waals surface area contributed by atoms with Crippen molar-refractivity contribution >= 4 is 18.1 Å². The minimum absolute atomic E-state index is 0.125. The van der Waals surface area contributed by atoms with Gasteiger partial charge in [0.1, 0.15) is 12.6 Å². The average Bonchev–Trinajstić information content (AvgIpc) is 3.07. The summed E-state index contributed by atoms with van der Waals surface area (Å²) in [6.07, 6.45) is 1.65. The molecule has 1 N–H and O–H groups in total. The summed E-state index contributed by atoms with van der Waals surface area (Å²) in [4.78, 5) is 25.2. The summed E-state index contributed by atoms with van der Waals surface area (Å²) in [5, 5.41) is 9.46. The number of benzene rings is 2. The number of likely N-dealkylation sites (tertiary alicyclic amines) is 1. The highest BCUT2D eigenvalue weighted by molar-refractivity contribution is 5.82. The Morgan fingerprint density at radius 2 is 1.85 bits per heavy atom. The van der Waals surface area contributed by atoms with Crippen LogP contribution in [0.25, 0.3) is 6.08 Å². The zero-order chi connectivity index (χ0) is 18.5. The third kappa shape index (κ3) is 4.30. The van der Waals surface area contributed by atoms with E-state index in [0.29, 0.717) is 6.42 Å². The molecule has 2 aromatic rings. The van der Waals surface area contributed by atoms with E-state index in [-0.39, 0.29) is 13.2 Å². The second kappa shape index (κ2) is 7.87. The molecule has 1 amide bonds. The third-order valence-electron chi connectivity index (χ3n) is 4.38. The maximum atomic E-state index is 12.4. The van der Waals surface area contributed by atoms with Gasteiger partial charge in [0.05, 0.1) is 0 Å². The van der Waals surface area contributed by atoms with Crippen LogP contribution in [0.3, 0.4) is 0 Å². The normalized spacial score (nSPS) is 18.1. The molecule has 26 heavy (non-hydrogen) atoms. The highest BCUT2D eigenvalue weighted by atomic mass is 16.6. The topological polar surface area (TPSA) is 66.8 Å². The lowest BCUT2D eigenvalue weighted by Crippen LogP contribution is -2.40. The fourth-order valence-electron chi connectivity index (χ4n) is 2.97. The van der Waals surface area contributed by atoms with Crippen LogP contribution in [0.1, 0.15) is 23.1 Å². The van der Waals surface area contributed by atoms with Crippen molar-refractivity contribution in [3.05, 3.63) is 76.9 Å². The number of carboxylic acid groups (broad SMARTS) is 1. The monoisotopic (exact) mass is 351 g/mol. The Bertz CT molecular complexity index is 812. The molecule has 2 aromatic carbocycles. The molecule has 1 heterocycles. The van der Waals surface area contributed by atoms with Crippen LogP contribution in [-0.4, -0.2) is 34.7 Å². The molecule has 1 atom stereocenters. The molecule has 5 nitrogen and oxygen atoms in total. The van der Waals surface area contributed by atoms with Gasteiger partial charge in [0.15, 0.2) is 0 Å². The van der Waals surface area contributed by atoms with Crippen molar-refractivity contribution in [2.75, 3.05) is 6.54 Å². The zero-order valence-corrected chi connectivity index (χ0v) is 14.6. The van der Waals surface area contributed by atoms with Crippen molar-refractivity contribution in [1.29, 1.82) is 0 Å². The Morgan fingerprint density at radius 3 is 2.50 bits per heavy atom. The molecule has 0 saturated carbocycles. The van der Waals surface area contributed by atoms with E-state index in [1.807, 2.05) is 67.6 Å². The molecule has 1 aliphatic heterocycles. The molecule has 134 valence electrons. The number of hydrogen-bond acceptors (Lipinski definition) is 3. The van der Waals surface area contributed by atoms with E-state index >= 15 is 0 Å². The zero-order valence-electron chi connectivity index (χ0n) is 14.6. The highest BCUT2D eigenvalue weighted by Crippen LogP contribution is 2.26. The summed E-state index contributed by atoms with van der Waals surface area (Å²) in [6.45, 7) is 2.40. The predicted molar refractivity (Wildman–Crippen MR) is 98.5 cm³/mol. The van der Waals surface area contributed by atoms with Crippen LogP contribution < -0.4 is 0 Å². The largest absolute Gasteiger partial charge is 0.480 e. The molecule has 0 spiro atoms. The molecule has 0 aliphatic carbocycles. The fourth-order valence-corrected chi connectivity index (χ4v) is 2.97. The van der Waals surface area contributed by atoms with Crippen LogP contribution in [0.15, 0.2) is 60.2 Å². The van der Waals surface area contributed by atoms with E-state index in [2.05, 4.69) is 0 Å². The Labute approximate surface area is 152 Å². The van der Waals surface area contributed by atoms with Crippen LogP contribution in [0, 0.1) is 6.92 Å². The van der Waals surface area contributed by atoms with Gasteiger partial charge in [-0.05, 0) is 23.6 Å². The Balaban J connectivity index is 1.69. The van der Waals surface area contributed by atoms with Crippen molar-refractivity contribution < 1.29 is 19.4 Å². The fraction of sp³-hybridized carbons (Fsp3) is 0.238. The number of aryl methyl sites for hydroxylation is 1. The lowest BCUT2D eigenvalue weighted by Gasteiger charge is -2.20. The SMILES string of the molecule is Cc1ccc(C=C2C[C@@H](C(=O)O)N(C(=O)OCc3ccccc3)C2)cc1. The van der Waals surface area contributed by atoms with E-state index in [9.17, 15) is 14.7 Å².